The first-order valence-electron chi connectivity index (χ1n) is 6.16. The molecule has 0 saturated heterocycles. The van der Waals surface area contributed by atoms with Crippen LogP contribution in [0.25, 0.3) is 0 Å². The van der Waals surface area contributed by atoms with Crippen LogP contribution in [0.3, 0.4) is 0 Å². The second-order valence-corrected chi connectivity index (χ2v) is 4.61. The number of rotatable bonds is 4. The highest BCUT2D eigenvalue weighted by atomic mass is 19.2. The van der Waals surface area contributed by atoms with E-state index in [0.717, 1.165) is 11.6 Å². The third kappa shape index (κ3) is 3.34. The van der Waals surface area contributed by atoms with Gasteiger partial charge in [0.2, 0.25) is 5.91 Å². The molecule has 0 unspecified atom stereocenters. The molecule has 0 radical (unpaired) electrons. The van der Waals surface area contributed by atoms with Crippen molar-refractivity contribution in [2.75, 3.05) is 5.32 Å². The van der Waals surface area contributed by atoms with E-state index < -0.39 is 23.4 Å². The third-order valence-electron chi connectivity index (χ3n) is 3.07. The van der Waals surface area contributed by atoms with Gasteiger partial charge in [-0.1, -0.05) is 0 Å². The van der Waals surface area contributed by atoms with E-state index in [-0.39, 0.29) is 12.1 Å². The molecule has 0 aliphatic rings. The van der Waals surface area contributed by atoms with Gasteiger partial charge in [0.05, 0.1) is 0 Å². The zero-order valence-corrected chi connectivity index (χ0v) is 11.2. The van der Waals surface area contributed by atoms with Gasteiger partial charge < -0.3 is 11.1 Å². The lowest BCUT2D eigenvalue weighted by Crippen LogP contribution is -2.11. The predicted molar refractivity (Wildman–Crippen MR) is 73.3 cm³/mol. The monoisotopic (exact) mass is 294 g/mol. The van der Waals surface area contributed by atoms with Crippen LogP contribution < -0.4 is 11.1 Å². The average Bonchev–Trinajstić information content (AvgIpc) is 2.42. The molecule has 0 bridgehead atoms. The lowest BCUT2D eigenvalue weighted by atomic mass is 10.1. The maximum atomic E-state index is 13.5. The molecule has 0 aliphatic carbocycles. The first-order chi connectivity index (χ1) is 9.88. The highest BCUT2D eigenvalue weighted by Crippen LogP contribution is 2.19. The second kappa shape index (κ2) is 5.87. The highest BCUT2D eigenvalue weighted by molar-refractivity contribution is 5.93. The summed E-state index contributed by atoms with van der Waals surface area (Å²) in [5.41, 5.74) is 6.90. The van der Waals surface area contributed by atoms with Gasteiger partial charge in [-0.05, 0) is 36.8 Å². The fraction of sp³-hybridized carbons (Fsp3) is 0.133. The molecular formula is C15H13F3N2O. The van der Waals surface area contributed by atoms with E-state index in [1.807, 2.05) is 0 Å². The van der Waals surface area contributed by atoms with Crippen LogP contribution in [0.15, 0.2) is 30.3 Å². The van der Waals surface area contributed by atoms with Crippen molar-refractivity contribution in [3.63, 3.8) is 0 Å². The van der Waals surface area contributed by atoms with Crippen LogP contribution in [-0.2, 0) is 6.54 Å². The van der Waals surface area contributed by atoms with Gasteiger partial charge in [0.25, 0.3) is 0 Å². The van der Waals surface area contributed by atoms with Crippen LogP contribution in [0.5, 0.6) is 0 Å². The van der Waals surface area contributed by atoms with Gasteiger partial charge in [0, 0.05) is 29.4 Å². The quantitative estimate of drug-likeness (QED) is 0.851. The number of benzene rings is 2. The molecule has 2 aromatic carbocycles. The molecule has 0 heterocycles. The number of amides is 1. The van der Waals surface area contributed by atoms with Crippen LogP contribution in [0.4, 0.5) is 18.9 Å². The van der Waals surface area contributed by atoms with Gasteiger partial charge in [-0.3, -0.25) is 4.79 Å². The molecule has 0 aromatic heterocycles. The topological polar surface area (TPSA) is 55.1 Å². The van der Waals surface area contributed by atoms with Gasteiger partial charge >= 0.3 is 0 Å². The second-order valence-electron chi connectivity index (χ2n) is 4.61. The van der Waals surface area contributed by atoms with Crippen LogP contribution in [0.2, 0.25) is 0 Å². The highest BCUT2D eigenvalue weighted by Gasteiger charge is 2.10. The Hall–Kier alpha value is -2.50. The van der Waals surface area contributed by atoms with Crippen LogP contribution in [0, 0.1) is 24.4 Å². The molecule has 110 valence electrons. The van der Waals surface area contributed by atoms with E-state index in [9.17, 15) is 18.0 Å². The smallest absolute Gasteiger partial charge is 0.248 e. The molecule has 6 heteroatoms. The number of aryl methyl sites for hydroxylation is 1. The number of primary amides is 1. The lowest BCUT2D eigenvalue weighted by molar-refractivity contribution is 0.1000. The first kappa shape index (κ1) is 14.9. The fourth-order valence-corrected chi connectivity index (χ4v) is 1.90. The van der Waals surface area contributed by atoms with Crippen molar-refractivity contribution < 1.29 is 18.0 Å². The summed E-state index contributed by atoms with van der Waals surface area (Å²) in [7, 11) is 0. The third-order valence-corrected chi connectivity index (χ3v) is 3.07. The molecule has 2 rings (SSSR count). The van der Waals surface area contributed by atoms with Crippen molar-refractivity contribution in [3.05, 3.63) is 64.5 Å². The first-order valence-corrected chi connectivity index (χ1v) is 6.16. The summed E-state index contributed by atoms with van der Waals surface area (Å²) in [6.07, 6.45) is 0. The number of hydrogen-bond donors (Lipinski definition) is 2. The van der Waals surface area contributed by atoms with E-state index >= 15 is 0 Å². The molecule has 21 heavy (non-hydrogen) atoms. The Bertz CT molecular complexity index is 702. The maximum Gasteiger partial charge on any atom is 0.248 e. The molecule has 3 nitrogen and oxygen atoms in total. The van der Waals surface area contributed by atoms with Crippen LogP contribution in [-0.4, -0.2) is 5.91 Å². The Morgan fingerprint density at radius 1 is 1.10 bits per heavy atom. The minimum atomic E-state index is -1.22. The van der Waals surface area contributed by atoms with Crippen LogP contribution >= 0.6 is 0 Å². The van der Waals surface area contributed by atoms with Gasteiger partial charge in [-0.15, -0.1) is 0 Å². The molecule has 3 N–H and O–H groups in total. The zero-order chi connectivity index (χ0) is 15.6. The van der Waals surface area contributed by atoms with Crippen molar-refractivity contribution in [3.8, 4) is 0 Å². The van der Waals surface area contributed by atoms with E-state index in [2.05, 4.69) is 5.32 Å². The minimum absolute atomic E-state index is 0.00674. The SMILES string of the molecule is Cc1cc(C(N)=O)ccc1NCc1cc(F)c(F)cc1F. The predicted octanol–water partition coefficient (Wildman–Crippen LogP) is 3.12. The summed E-state index contributed by atoms with van der Waals surface area (Å²) in [5.74, 6) is -3.70. The molecule has 0 atom stereocenters. The van der Waals surface area contributed by atoms with E-state index in [0.29, 0.717) is 17.3 Å². The van der Waals surface area contributed by atoms with Gasteiger partial charge in [-0.2, -0.15) is 0 Å². The van der Waals surface area contributed by atoms with Crippen LogP contribution in [0.1, 0.15) is 21.5 Å². The molecule has 0 fully saturated rings. The van der Waals surface area contributed by atoms with E-state index in [1.54, 1.807) is 19.1 Å². The van der Waals surface area contributed by atoms with Crippen molar-refractivity contribution in [2.24, 2.45) is 5.73 Å². The number of carbonyl (C=O) groups is 1. The molecule has 1 amide bonds. The molecule has 0 saturated carbocycles. The number of nitrogens with two attached hydrogens (primary N) is 1. The van der Waals surface area contributed by atoms with Gasteiger partial charge in [0.1, 0.15) is 5.82 Å². The average molecular weight is 294 g/mol. The Kier molecular flexibility index (Phi) is 4.16. The fourth-order valence-electron chi connectivity index (χ4n) is 1.90. The standard InChI is InChI=1S/C15H13F3N2O/c1-8-4-9(15(19)21)2-3-14(8)20-7-10-5-12(17)13(18)6-11(10)16/h2-6,20H,7H2,1H3,(H2,19,21). The summed E-state index contributed by atoms with van der Waals surface area (Å²) in [5, 5.41) is 2.90. The molecule has 2 aromatic rings. The minimum Gasteiger partial charge on any atom is -0.381 e. The van der Waals surface area contributed by atoms with Crippen molar-refractivity contribution in [2.45, 2.75) is 13.5 Å². The lowest BCUT2D eigenvalue weighted by Gasteiger charge is -2.11. The molecular weight excluding hydrogens is 281 g/mol. The molecule has 0 aliphatic heterocycles. The number of carbonyl (C=O) groups excluding carboxylic acids is 1. The largest absolute Gasteiger partial charge is 0.381 e. The Labute approximate surface area is 119 Å². The normalized spacial score (nSPS) is 10.5. The maximum absolute atomic E-state index is 13.5. The summed E-state index contributed by atoms with van der Waals surface area (Å²) >= 11 is 0. The van der Waals surface area contributed by atoms with Crippen molar-refractivity contribution in [1.29, 1.82) is 0 Å². The number of anilines is 1. The number of hydrogen-bond acceptors (Lipinski definition) is 2. The summed E-state index contributed by atoms with van der Waals surface area (Å²) < 4.78 is 39.4. The van der Waals surface area contributed by atoms with Gasteiger partial charge in [-0.25, -0.2) is 13.2 Å². The van der Waals surface area contributed by atoms with Gasteiger partial charge in [0.15, 0.2) is 11.6 Å². The number of halogens is 3. The Balaban J connectivity index is 2.17. The summed E-state index contributed by atoms with van der Waals surface area (Å²) in [6.45, 7) is 1.73. The molecule has 0 spiro atoms. The van der Waals surface area contributed by atoms with E-state index in [4.69, 9.17) is 5.73 Å². The van der Waals surface area contributed by atoms with E-state index in [1.165, 1.54) is 6.07 Å². The summed E-state index contributed by atoms with van der Waals surface area (Å²) in [6, 6.07) is 6.05. The van der Waals surface area contributed by atoms with Crippen molar-refractivity contribution >= 4 is 11.6 Å². The zero-order valence-electron chi connectivity index (χ0n) is 11.2. The Morgan fingerprint density at radius 3 is 2.38 bits per heavy atom. The Morgan fingerprint density at radius 2 is 1.76 bits per heavy atom. The summed E-state index contributed by atoms with van der Waals surface area (Å²) in [4.78, 5) is 11.0. The number of nitrogens with one attached hydrogen (secondary N) is 1. The van der Waals surface area contributed by atoms with Crippen molar-refractivity contribution in [1.82, 2.24) is 0 Å².